The summed E-state index contributed by atoms with van der Waals surface area (Å²) in [7, 11) is -0.668. The first-order chi connectivity index (χ1) is 15.9. The number of rotatable bonds is 6. The summed E-state index contributed by atoms with van der Waals surface area (Å²) in [6.07, 6.45) is 2.96. The molecule has 0 atom stereocenters. The maximum absolute atomic E-state index is 13.0. The van der Waals surface area contributed by atoms with Crippen LogP contribution in [-0.2, 0) is 21.3 Å². The number of nitrogens with one attached hydrogen (secondary N) is 1. The minimum Gasteiger partial charge on any atom is -0.444 e. The maximum atomic E-state index is 13.0. The van der Waals surface area contributed by atoms with Crippen LogP contribution >= 0.6 is 0 Å². The second kappa shape index (κ2) is 10.2. The zero-order valence-electron chi connectivity index (χ0n) is 20.4. The lowest BCUT2D eigenvalue weighted by molar-refractivity contribution is 0.0187. The molecule has 2 aromatic rings. The van der Waals surface area contributed by atoms with Crippen molar-refractivity contribution in [2.45, 2.75) is 56.7 Å². The summed E-state index contributed by atoms with van der Waals surface area (Å²) in [5, 5.41) is 2.86. The average molecular weight is 491 g/mol. The first-order valence-corrected chi connectivity index (χ1v) is 12.8. The Hall–Kier alpha value is -2.85. The SMILES string of the molecule is CN(C)S(=O)(=O)c1ccccc1CNC(=O)c1cccn1C1CCN(C(=O)OC(C)(C)C)CC1. The monoisotopic (exact) mass is 490 g/mol. The zero-order valence-corrected chi connectivity index (χ0v) is 21.3. The van der Waals surface area contributed by atoms with Gasteiger partial charge in [0.2, 0.25) is 10.0 Å². The molecule has 1 aliphatic rings. The highest BCUT2D eigenvalue weighted by molar-refractivity contribution is 7.89. The quantitative estimate of drug-likeness (QED) is 0.670. The Morgan fingerprint density at radius 2 is 1.74 bits per heavy atom. The number of amides is 2. The number of nitrogens with zero attached hydrogens (tertiary/aromatic N) is 3. The summed E-state index contributed by atoms with van der Waals surface area (Å²) in [5.74, 6) is -0.281. The highest BCUT2D eigenvalue weighted by Gasteiger charge is 2.29. The van der Waals surface area contributed by atoms with Gasteiger partial charge in [0.25, 0.3) is 5.91 Å². The van der Waals surface area contributed by atoms with Crippen LogP contribution in [0.1, 0.15) is 55.7 Å². The van der Waals surface area contributed by atoms with Gasteiger partial charge in [-0.25, -0.2) is 17.5 Å². The number of sulfonamides is 1. The van der Waals surface area contributed by atoms with E-state index in [9.17, 15) is 18.0 Å². The van der Waals surface area contributed by atoms with Gasteiger partial charge in [-0.2, -0.15) is 0 Å². The maximum Gasteiger partial charge on any atom is 0.410 e. The minimum absolute atomic E-state index is 0.0795. The second-order valence-corrected chi connectivity index (χ2v) is 11.7. The second-order valence-electron chi connectivity index (χ2n) is 9.58. The summed E-state index contributed by atoms with van der Waals surface area (Å²) in [6.45, 7) is 6.72. The summed E-state index contributed by atoms with van der Waals surface area (Å²) in [4.78, 5) is 27.2. The van der Waals surface area contributed by atoms with Crippen LogP contribution < -0.4 is 5.32 Å². The van der Waals surface area contributed by atoms with Crippen LogP contribution in [0.3, 0.4) is 0 Å². The van der Waals surface area contributed by atoms with Crippen molar-refractivity contribution in [2.75, 3.05) is 27.2 Å². The van der Waals surface area contributed by atoms with Crippen molar-refractivity contribution < 1.29 is 22.7 Å². The van der Waals surface area contributed by atoms with E-state index in [1.54, 1.807) is 29.2 Å². The number of ether oxygens (including phenoxy) is 1. The number of hydrogen-bond donors (Lipinski definition) is 1. The first-order valence-electron chi connectivity index (χ1n) is 11.3. The van der Waals surface area contributed by atoms with Gasteiger partial charge in [0, 0.05) is 46.0 Å². The van der Waals surface area contributed by atoms with E-state index in [-0.39, 0.29) is 29.5 Å². The standard InChI is InChI=1S/C24H34N4O5S/c1-24(2,3)33-23(30)27-15-12-19(13-16-27)28-14-8-10-20(28)22(29)25-17-18-9-6-7-11-21(18)34(31,32)26(4)5/h6-11,14,19H,12-13,15-17H2,1-5H3,(H,25,29). The van der Waals surface area contributed by atoms with E-state index in [2.05, 4.69) is 5.32 Å². The van der Waals surface area contributed by atoms with Gasteiger partial charge in [0.1, 0.15) is 11.3 Å². The number of piperidine rings is 1. The molecule has 1 saturated heterocycles. The first kappa shape index (κ1) is 25.8. The highest BCUT2D eigenvalue weighted by atomic mass is 32.2. The molecular formula is C24H34N4O5S. The lowest BCUT2D eigenvalue weighted by Crippen LogP contribution is -2.42. The molecular weight excluding hydrogens is 456 g/mol. The molecule has 1 aromatic carbocycles. The van der Waals surface area contributed by atoms with Crippen molar-refractivity contribution in [2.24, 2.45) is 0 Å². The van der Waals surface area contributed by atoms with Crippen molar-refractivity contribution >= 4 is 22.0 Å². The smallest absolute Gasteiger partial charge is 0.410 e. The number of carbonyl (C=O) groups excluding carboxylic acids is 2. The lowest BCUT2D eigenvalue weighted by Gasteiger charge is -2.34. The number of likely N-dealkylation sites (tertiary alicyclic amines) is 1. The number of carbonyl (C=O) groups is 2. The summed E-state index contributed by atoms with van der Waals surface area (Å²) in [6, 6.07) is 10.3. The summed E-state index contributed by atoms with van der Waals surface area (Å²) >= 11 is 0. The molecule has 0 aliphatic carbocycles. The van der Waals surface area contributed by atoms with Crippen molar-refractivity contribution in [3.63, 3.8) is 0 Å². The number of benzene rings is 1. The molecule has 2 amide bonds. The van der Waals surface area contributed by atoms with E-state index in [0.29, 0.717) is 37.2 Å². The third kappa shape index (κ3) is 5.98. The van der Waals surface area contributed by atoms with Gasteiger partial charge in [0.05, 0.1) is 4.90 Å². The Morgan fingerprint density at radius 3 is 2.35 bits per heavy atom. The molecule has 3 rings (SSSR count). The van der Waals surface area contributed by atoms with Crippen molar-refractivity contribution in [3.05, 3.63) is 53.9 Å². The fraction of sp³-hybridized carbons (Fsp3) is 0.500. The van der Waals surface area contributed by atoms with E-state index in [0.717, 1.165) is 4.31 Å². The molecule has 2 heterocycles. The Labute approximate surface area is 201 Å². The van der Waals surface area contributed by atoms with Crippen molar-refractivity contribution in [1.82, 2.24) is 19.1 Å². The largest absolute Gasteiger partial charge is 0.444 e. The normalized spacial score (nSPS) is 15.4. The fourth-order valence-corrected chi connectivity index (χ4v) is 5.04. The molecule has 10 heteroatoms. The summed E-state index contributed by atoms with van der Waals surface area (Å²) < 4.78 is 33.8. The molecule has 0 spiro atoms. The Bertz CT molecular complexity index is 1130. The van der Waals surface area contributed by atoms with Crippen LogP contribution in [0, 0.1) is 0 Å². The number of hydrogen-bond acceptors (Lipinski definition) is 5. The minimum atomic E-state index is -3.62. The summed E-state index contributed by atoms with van der Waals surface area (Å²) in [5.41, 5.74) is 0.487. The van der Waals surface area contributed by atoms with E-state index in [4.69, 9.17) is 4.74 Å². The Kier molecular flexibility index (Phi) is 7.72. The molecule has 1 fully saturated rings. The molecule has 9 nitrogen and oxygen atoms in total. The third-order valence-corrected chi connectivity index (χ3v) is 7.61. The van der Waals surface area contributed by atoms with Crippen LogP contribution in [0.2, 0.25) is 0 Å². The van der Waals surface area contributed by atoms with Crippen molar-refractivity contribution in [3.8, 4) is 0 Å². The van der Waals surface area contributed by atoms with Gasteiger partial charge >= 0.3 is 6.09 Å². The molecule has 1 aliphatic heterocycles. The van der Waals surface area contributed by atoms with Gasteiger partial charge in [-0.1, -0.05) is 18.2 Å². The lowest BCUT2D eigenvalue weighted by atomic mass is 10.0. The van der Waals surface area contributed by atoms with Gasteiger partial charge in [-0.15, -0.1) is 0 Å². The van der Waals surface area contributed by atoms with E-state index < -0.39 is 15.6 Å². The van der Waals surface area contributed by atoms with E-state index >= 15 is 0 Å². The van der Waals surface area contributed by atoms with Crippen LogP contribution in [0.5, 0.6) is 0 Å². The highest BCUT2D eigenvalue weighted by Crippen LogP contribution is 2.26. The predicted octanol–water partition coefficient (Wildman–Crippen LogP) is 3.24. The molecule has 0 radical (unpaired) electrons. The fourth-order valence-electron chi connectivity index (χ4n) is 3.92. The van der Waals surface area contributed by atoms with Crippen molar-refractivity contribution in [1.29, 1.82) is 0 Å². The molecule has 0 unspecified atom stereocenters. The zero-order chi connectivity index (χ0) is 25.1. The van der Waals surface area contributed by atoms with Gasteiger partial charge in [0.15, 0.2) is 0 Å². The van der Waals surface area contributed by atoms with Gasteiger partial charge in [-0.3, -0.25) is 4.79 Å². The van der Waals surface area contributed by atoms with Crippen LogP contribution in [-0.4, -0.2) is 67.0 Å². The molecule has 186 valence electrons. The van der Waals surface area contributed by atoms with Crippen LogP contribution in [0.15, 0.2) is 47.5 Å². The molecule has 0 saturated carbocycles. The van der Waals surface area contributed by atoms with Crippen LogP contribution in [0.25, 0.3) is 0 Å². The molecule has 1 aromatic heterocycles. The third-order valence-electron chi connectivity index (χ3n) is 5.69. The molecule has 0 bridgehead atoms. The van der Waals surface area contributed by atoms with E-state index in [1.807, 2.05) is 37.6 Å². The Morgan fingerprint density at radius 1 is 1.09 bits per heavy atom. The topological polar surface area (TPSA) is 101 Å². The van der Waals surface area contributed by atoms with E-state index in [1.165, 1.54) is 20.2 Å². The van der Waals surface area contributed by atoms with Gasteiger partial charge in [-0.05, 0) is 57.4 Å². The van der Waals surface area contributed by atoms with Crippen LogP contribution in [0.4, 0.5) is 4.79 Å². The average Bonchev–Trinajstić information content (AvgIpc) is 3.26. The van der Waals surface area contributed by atoms with Gasteiger partial charge < -0.3 is 19.5 Å². The molecule has 1 N–H and O–H groups in total. The number of aromatic nitrogens is 1. The molecule has 34 heavy (non-hydrogen) atoms. The predicted molar refractivity (Wildman–Crippen MR) is 129 cm³/mol. The Balaban J connectivity index is 1.65.